The summed E-state index contributed by atoms with van der Waals surface area (Å²) in [5.41, 5.74) is 6.70. The van der Waals surface area contributed by atoms with Crippen molar-refractivity contribution in [3.05, 3.63) is 76.0 Å². The monoisotopic (exact) mass is 393 g/mol. The number of aromatic amines is 1. The maximum atomic E-state index is 14.1. The van der Waals surface area contributed by atoms with E-state index in [1.54, 1.807) is 24.4 Å². The molecule has 29 heavy (non-hydrogen) atoms. The fourth-order valence-corrected chi connectivity index (χ4v) is 3.60. The summed E-state index contributed by atoms with van der Waals surface area (Å²) in [6, 6.07) is 10.4. The summed E-state index contributed by atoms with van der Waals surface area (Å²) in [5.74, 6) is -0.599. The fourth-order valence-electron chi connectivity index (χ4n) is 3.60. The van der Waals surface area contributed by atoms with Crippen LogP contribution in [0.3, 0.4) is 0 Å². The Morgan fingerprint density at radius 3 is 2.62 bits per heavy atom. The Morgan fingerprint density at radius 2 is 2.00 bits per heavy atom. The lowest BCUT2D eigenvalue weighted by Gasteiger charge is -2.42. The second-order valence-electron chi connectivity index (χ2n) is 7.29. The molecule has 4 rings (SSSR count). The molecular formula is C21H20FN5O2. The topological polar surface area (TPSA) is 114 Å². The third kappa shape index (κ3) is 3.73. The molecule has 1 aromatic carbocycles. The van der Waals surface area contributed by atoms with Crippen LogP contribution in [0.15, 0.2) is 53.5 Å². The van der Waals surface area contributed by atoms with Crippen LogP contribution in [0.25, 0.3) is 11.3 Å². The average Bonchev–Trinajstić information content (AvgIpc) is 2.68. The summed E-state index contributed by atoms with van der Waals surface area (Å²) < 4.78 is 14.1. The van der Waals surface area contributed by atoms with Gasteiger partial charge in [-0.2, -0.15) is 0 Å². The second-order valence-corrected chi connectivity index (χ2v) is 7.29. The van der Waals surface area contributed by atoms with Gasteiger partial charge in [-0.15, -0.1) is 10.2 Å². The van der Waals surface area contributed by atoms with Gasteiger partial charge in [0, 0.05) is 47.1 Å². The third-order valence-electron chi connectivity index (χ3n) is 5.45. The minimum atomic E-state index is -0.637. The van der Waals surface area contributed by atoms with Gasteiger partial charge in [0.05, 0.1) is 5.69 Å². The number of amides is 1. The van der Waals surface area contributed by atoms with Gasteiger partial charge in [-0.1, -0.05) is 6.42 Å². The molecule has 3 aromatic rings. The van der Waals surface area contributed by atoms with E-state index in [0.29, 0.717) is 18.1 Å². The predicted octanol–water partition coefficient (Wildman–Crippen LogP) is 2.60. The van der Waals surface area contributed by atoms with Crippen LogP contribution in [0.1, 0.15) is 35.3 Å². The quantitative estimate of drug-likeness (QED) is 0.596. The maximum absolute atomic E-state index is 14.1. The van der Waals surface area contributed by atoms with Crippen molar-refractivity contribution in [2.24, 2.45) is 5.73 Å². The van der Waals surface area contributed by atoms with Gasteiger partial charge in [0.15, 0.2) is 5.43 Å². The van der Waals surface area contributed by atoms with Crippen LogP contribution < -0.4 is 16.5 Å². The number of primary amides is 1. The van der Waals surface area contributed by atoms with Crippen molar-refractivity contribution < 1.29 is 9.18 Å². The molecule has 1 aliphatic carbocycles. The molecule has 4 N–H and O–H groups in total. The zero-order chi connectivity index (χ0) is 20.4. The van der Waals surface area contributed by atoms with E-state index >= 15 is 0 Å². The summed E-state index contributed by atoms with van der Waals surface area (Å²) in [7, 11) is 0. The van der Waals surface area contributed by atoms with E-state index in [1.165, 1.54) is 24.3 Å². The van der Waals surface area contributed by atoms with E-state index in [0.717, 1.165) is 25.0 Å². The molecule has 8 heteroatoms. The number of benzene rings is 1. The van der Waals surface area contributed by atoms with Crippen molar-refractivity contribution in [1.82, 2.24) is 15.2 Å². The largest absolute Gasteiger partial charge is 0.368 e. The van der Waals surface area contributed by atoms with Crippen molar-refractivity contribution in [2.45, 2.75) is 24.7 Å². The molecule has 1 aliphatic rings. The van der Waals surface area contributed by atoms with E-state index in [9.17, 15) is 14.0 Å². The lowest BCUT2D eigenvalue weighted by atomic mass is 9.66. The molecule has 0 unspecified atom stereocenters. The molecule has 0 bridgehead atoms. The third-order valence-corrected chi connectivity index (χ3v) is 5.45. The Balaban J connectivity index is 1.51. The summed E-state index contributed by atoms with van der Waals surface area (Å²) in [6.45, 7) is 0.604. The van der Waals surface area contributed by atoms with Crippen LogP contribution in [-0.4, -0.2) is 27.6 Å². The molecule has 0 radical (unpaired) electrons. The number of pyridine rings is 1. The Labute approximate surface area is 166 Å². The predicted molar refractivity (Wildman–Crippen MR) is 107 cm³/mol. The molecule has 0 atom stereocenters. The number of halogens is 1. The van der Waals surface area contributed by atoms with Crippen LogP contribution in [0.2, 0.25) is 0 Å². The van der Waals surface area contributed by atoms with Crippen LogP contribution in [0.5, 0.6) is 0 Å². The van der Waals surface area contributed by atoms with E-state index in [-0.39, 0.29) is 22.0 Å². The highest BCUT2D eigenvalue weighted by Gasteiger charge is 2.39. The molecule has 1 amide bonds. The smallest absolute Gasteiger partial charge is 0.248 e. The molecule has 0 aliphatic heterocycles. The van der Waals surface area contributed by atoms with Gasteiger partial charge in [0.2, 0.25) is 5.91 Å². The van der Waals surface area contributed by atoms with E-state index in [2.05, 4.69) is 20.5 Å². The highest BCUT2D eigenvalue weighted by atomic mass is 19.1. The highest BCUT2D eigenvalue weighted by Crippen LogP contribution is 2.42. The number of carbonyl (C=O) groups is 1. The zero-order valence-corrected chi connectivity index (χ0v) is 15.6. The molecule has 1 saturated carbocycles. The first-order valence-electron chi connectivity index (χ1n) is 9.33. The number of hydrogen-bond acceptors (Lipinski definition) is 5. The zero-order valence-electron chi connectivity index (χ0n) is 15.6. The van der Waals surface area contributed by atoms with Gasteiger partial charge < -0.3 is 16.0 Å². The second kappa shape index (κ2) is 7.46. The Morgan fingerprint density at radius 1 is 1.17 bits per heavy atom. The van der Waals surface area contributed by atoms with Gasteiger partial charge in [-0.3, -0.25) is 9.59 Å². The van der Waals surface area contributed by atoms with E-state index in [4.69, 9.17) is 5.73 Å². The van der Waals surface area contributed by atoms with Crippen molar-refractivity contribution in [2.75, 3.05) is 11.9 Å². The van der Waals surface area contributed by atoms with Gasteiger partial charge in [0.1, 0.15) is 11.6 Å². The van der Waals surface area contributed by atoms with Gasteiger partial charge in [-0.25, -0.2) is 4.39 Å². The van der Waals surface area contributed by atoms with Crippen LogP contribution >= 0.6 is 0 Å². The minimum absolute atomic E-state index is 0.0191. The first kappa shape index (κ1) is 18.8. The van der Waals surface area contributed by atoms with Crippen LogP contribution in [-0.2, 0) is 5.41 Å². The molecular weight excluding hydrogens is 373 g/mol. The Kier molecular flexibility index (Phi) is 4.84. The molecule has 0 spiro atoms. The first-order chi connectivity index (χ1) is 14.0. The number of aromatic nitrogens is 3. The van der Waals surface area contributed by atoms with Crippen molar-refractivity contribution >= 4 is 11.7 Å². The van der Waals surface area contributed by atoms with Crippen molar-refractivity contribution in [3.63, 3.8) is 0 Å². The van der Waals surface area contributed by atoms with Crippen LogP contribution in [0, 0.1) is 5.82 Å². The number of nitrogens with zero attached hydrogens (tertiary/aromatic N) is 2. The lowest BCUT2D eigenvalue weighted by molar-refractivity contribution is 0.100. The SMILES string of the molecule is NC(=O)c1ccc(F)c(-c2ccc(NCC3(c4cc(=O)cc[nH]4)CCC3)nn2)c1. The van der Waals surface area contributed by atoms with E-state index < -0.39 is 11.7 Å². The number of H-pyrrole nitrogens is 1. The molecule has 2 aromatic heterocycles. The molecule has 148 valence electrons. The fraction of sp³-hybridized carbons (Fsp3) is 0.238. The molecule has 0 saturated heterocycles. The standard InChI is InChI=1S/C21H20FN5O2/c22-16-3-2-13(20(23)29)10-15(16)17-4-5-19(27-26-17)25-12-21(7-1-8-21)18-11-14(28)6-9-24-18/h2-6,9-11H,1,7-8,12H2,(H2,23,29)(H,24,28)(H,25,27). The Bertz CT molecular complexity index is 1110. The first-order valence-corrected chi connectivity index (χ1v) is 9.33. The number of nitrogens with two attached hydrogens (primary N) is 1. The highest BCUT2D eigenvalue weighted by molar-refractivity contribution is 5.94. The number of carbonyl (C=O) groups excluding carboxylic acids is 1. The number of hydrogen-bond donors (Lipinski definition) is 3. The van der Waals surface area contributed by atoms with Gasteiger partial charge in [0.25, 0.3) is 0 Å². The minimum Gasteiger partial charge on any atom is -0.368 e. The molecule has 7 nitrogen and oxygen atoms in total. The molecule has 2 heterocycles. The summed E-state index contributed by atoms with van der Waals surface area (Å²) in [6.07, 6.45) is 4.70. The summed E-state index contributed by atoms with van der Waals surface area (Å²) in [4.78, 5) is 26.2. The van der Waals surface area contributed by atoms with Crippen LogP contribution in [0.4, 0.5) is 10.2 Å². The summed E-state index contributed by atoms with van der Waals surface area (Å²) >= 11 is 0. The average molecular weight is 393 g/mol. The lowest BCUT2D eigenvalue weighted by Crippen LogP contribution is -2.42. The summed E-state index contributed by atoms with van der Waals surface area (Å²) in [5, 5.41) is 11.5. The number of nitrogens with one attached hydrogen (secondary N) is 2. The normalized spacial score (nSPS) is 14.8. The van der Waals surface area contributed by atoms with Gasteiger partial charge in [-0.05, 0) is 43.2 Å². The van der Waals surface area contributed by atoms with Crippen molar-refractivity contribution in [3.8, 4) is 11.3 Å². The number of rotatable bonds is 6. The maximum Gasteiger partial charge on any atom is 0.248 e. The van der Waals surface area contributed by atoms with Crippen molar-refractivity contribution in [1.29, 1.82) is 0 Å². The number of anilines is 1. The molecule has 1 fully saturated rings. The van der Waals surface area contributed by atoms with E-state index in [1.807, 2.05) is 0 Å². The Hall–Kier alpha value is -3.55. The van der Waals surface area contributed by atoms with Gasteiger partial charge >= 0.3 is 0 Å².